The van der Waals surface area contributed by atoms with Crippen molar-refractivity contribution in [1.82, 2.24) is 0 Å². The van der Waals surface area contributed by atoms with Gasteiger partial charge in [0, 0.05) is 25.7 Å². The largest absolute Gasteiger partial charge is 0.472 e. The van der Waals surface area contributed by atoms with Crippen LogP contribution in [0.4, 0.5) is 0 Å². The Hall–Kier alpha value is -3.50. The van der Waals surface area contributed by atoms with E-state index in [9.17, 15) is 43.2 Å². The van der Waals surface area contributed by atoms with Gasteiger partial charge in [-0.15, -0.1) is 0 Å². The Balaban J connectivity index is 5.32. The molecule has 0 saturated carbocycles. The maximum Gasteiger partial charge on any atom is 0.472 e. The maximum atomic E-state index is 13.1. The zero-order chi connectivity index (χ0) is 69.0. The Labute approximate surface area is 571 Å². The molecule has 0 rings (SSSR count). The van der Waals surface area contributed by atoms with Gasteiger partial charge in [-0.3, -0.25) is 37.3 Å². The number of carbonyl (C=O) groups excluding carboxylic acids is 4. The topological polar surface area (TPSA) is 237 Å². The first-order chi connectivity index (χ1) is 45.7. The minimum atomic E-state index is -4.97. The molecule has 0 radical (unpaired) electrons. The standard InChI is InChI=1S/C75H134O17P2/c1-5-9-13-17-21-25-29-32-34-37-41-44-48-52-56-60-73(78)86-66-71(92-75(80)62-58-54-50-46-42-38-35-33-30-26-22-18-14-10-6-2)68-90-94(83,84)88-64-69(76)63-87-93(81,82)89-67-70(91-74(79)61-57-53-49-45-39-28-24-20-16-12-8-4)65-85-72(77)59-55-51-47-43-40-36-31-27-23-19-15-11-7-3/h9,13,15,19-21,24-25,27,31-32,34,69-71,76H,5-8,10-12,14,16-18,22-23,26,28-30,33,35-68H2,1-4H3,(H,81,82)(H,83,84)/b13-9-,19-15-,24-20-,25-21-,31-27-,34-32-. The number of aliphatic hydroxyl groups is 1. The van der Waals surface area contributed by atoms with Crippen molar-refractivity contribution in [3.05, 3.63) is 72.9 Å². The Morgan fingerprint density at radius 1 is 0.309 bits per heavy atom. The quantitative estimate of drug-likeness (QED) is 0.0169. The summed E-state index contributed by atoms with van der Waals surface area (Å²) in [6.45, 7) is 4.64. The van der Waals surface area contributed by atoms with Gasteiger partial charge in [0.2, 0.25) is 0 Å². The van der Waals surface area contributed by atoms with Crippen LogP contribution in [0.25, 0.3) is 0 Å². The number of rotatable bonds is 70. The van der Waals surface area contributed by atoms with Crippen molar-refractivity contribution in [2.75, 3.05) is 39.6 Å². The van der Waals surface area contributed by atoms with Crippen molar-refractivity contribution in [2.45, 2.75) is 341 Å². The maximum absolute atomic E-state index is 13.1. The van der Waals surface area contributed by atoms with Gasteiger partial charge < -0.3 is 33.8 Å². The fourth-order valence-corrected chi connectivity index (χ4v) is 11.5. The van der Waals surface area contributed by atoms with E-state index in [-0.39, 0.29) is 25.7 Å². The van der Waals surface area contributed by atoms with Gasteiger partial charge in [-0.05, 0) is 103 Å². The van der Waals surface area contributed by atoms with Crippen molar-refractivity contribution in [3.8, 4) is 0 Å². The van der Waals surface area contributed by atoms with Crippen molar-refractivity contribution >= 4 is 39.5 Å². The molecular weight excluding hydrogens is 1230 g/mol. The molecule has 0 saturated heterocycles. The predicted octanol–water partition coefficient (Wildman–Crippen LogP) is 20.9. The highest BCUT2D eigenvalue weighted by Crippen LogP contribution is 2.45. The third-order valence-electron chi connectivity index (χ3n) is 15.6. The highest BCUT2D eigenvalue weighted by molar-refractivity contribution is 7.47. The lowest BCUT2D eigenvalue weighted by atomic mass is 10.0. The summed E-state index contributed by atoms with van der Waals surface area (Å²) in [5.41, 5.74) is 0. The third kappa shape index (κ3) is 67.1. The Bertz CT molecular complexity index is 2070. The van der Waals surface area contributed by atoms with E-state index in [1.807, 2.05) is 0 Å². The molecule has 3 N–H and O–H groups in total. The molecule has 0 aromatic carbocycles. The van der Waals surface area contributed by atoms with Crippen LogP contribution in [0.1, 0.15) is 323 Å². The molecule has 0 spiro atoms. The molecule has 94 heavy (non-hydrogen) atoms. The molecule has 0 aliphatic carbocycles. The molecule has 546 valence electrons. The lowest BCUT2D eigenvalue weighted by Crippen LogP contribution is -2.30. The van der Waals surface area contributed by atoms with Crippen molar-refractivity contribution in [3.63, 3.8) is 0 Å². The lowest BCUT2D eigenvalue weighted by molar-refractivity contribution is -0.161. The molecule has 0 fully saturated rings. The van der Waals surface area contributed by atoms with Gasteiger partial charge in [0.1, 0.15) is 19.3 Å². The number of unbranched alkanes of at least 4 members (excludes halogenated alkanes) is 32. The number of esters is 4. The molecule has 5 atom stereocenters. The first-order valence-corrected chi connectivity index (χ1v) is 40.2. The van der Waals surface area contributed by atoms with Crippen LogP contribution in [0.5, 0.6) is 0 Å². The van der Waals surface area contributed by atoms with Gasteiger partial charge in [0.15, 0.2) is 12.2 Å². The zero-order valence-corrected chi connectivity index (χ0v) is 61.2. The van der Waals surface area contributed by atoms with Gasteiger partial charge in [-0.2, -0.15) is 0 Å². The van der Waals surface area contributed by atoms with E-state index in [1.165, 1.54) is 77.0 Å². The van der Waals surface area contributed by atoms with E-state index in [2.05, 4.69) is 101 Å². The van der Waals surface area contributed by atoms with E-state index >= 15 is 0 Å². The molecule has 0 heterocycles. The first kappa shape index (κ1) is 90.5. The number of allylic oxidation sites excluding steroid dienone is 12. The Morgan fingerprint density at radius 2 is 0.585 bits per heavy atom. The SMILES string of the molecule is CC/C=C\C/C=C\C/C=C\CCCCCCCC(=O)OCC(COP(=O)(O)OCC(O)COP(=O)(O)OCC(COC(=O)CCCCCCC/C=C\C/C=C\CCC)OC(=O)CCCCCCC/C=C\CCCC)OC(=O)CCCCCCCCCCCCCCCCC. The summed E-state index contributed by atoms with van der Waals surface area (Å²) in [6.07, 6.45) is 66.2. The third-order valence-corrected chi connectivity index (χ3v) is 17.5. The zero-order valence-electron chi connectivity index (χ0n) is 59.4. The Kier molecular flexibility index (Phi) is 65.5. The van der Waals surface area contributed by atoms with Crippen LogP contribution in [0.15, 0.2) is 72.9 Å². The van der Waals surface area contributed by atoms with Gasteiger partial charge in [-0.1, -0.05) is 268 Å². The molecule has 0 aliphatic heterocycles. The van der Waals surface area contributed by atoms with Crippen molar-refractivity contribution < 1.29 is 80.2 Å². The number of hydrogen-bond donors (Lipinski definition) is 3. The monoisotopic (exact) mass is 1370 g/mol. The second-order valence-corrected chi connectivity index (χ2v) is 27.8. The van der Waals surface area contributed by atoms with E-state index < -0.39 is 97.5 Å². The Morgan fingerprint density at radius 3 is 0.936 bits per heavy atom. The van der Waals surface area contributed by atoms with Gasteiger partial charge in [0.25, 0.3) is 0 Å². The molecule has 17 nitrogen and oxygen atoms in total. The van der Waals surface area contributed by atoms with E-state index in [0.717, 1.165) is 167 Å². The molecule has 0 amide bonds. The number of phosphoric acid groups is 2. The van der Waals surface area contributed by atoms with Gasteiger partial charge in [-0.25, -0.2) is 9.13 Å². The smallest absolute Gasteiger partial charge is 0.462 e. The van der Waals surface area contributed by atoms with E-state index in [0.29, 0.717) is 25.7 Å². The summed E-state index contributed by atoms with van der Waals surface area (Å²) in [7, 11) is -9.94. The molecule has 0 aromatic heterocycles. The average Bonchev–Trinajstić information content (AvgIpc) is 1.36. The van der Waals surface area contributed by atoms with Crippen LogP contribution >= 0.6 is 15.6 Å². The average molecular weight is 1370 g/mol. The number of aliphatic hydroxyl groups excluding tert-OH is 1. The van der Waals surface area contributed by atoms with Crippen LogP contribution < -0.4 is 0 Å². The van der Waals surface area contributed by atoms with Crippen LogP contribution in [-0.4, -0.2) is 96.7 Å². The second-order valence-electron chi connectivity index (χ2n) is 24.9. The molecule has 0 aromatic rings. The highest BCUT2D eigenvalue weighted by atomic mass is 31.2. The fourth-order valence-electron chi connectivity index (χ4n) is 9.96. The predicted molar refractivity (Wildman–Crippen MR) is 381 cm³/mol. The molecule has 0 aliphatic rings. The van der Waals surface area contributed by atoms with Crippen LogP contribution in [0.3, 0.4) is 0 Å². The lowest BCUT2D eigenvalue weighted by Gasteiger charge is -2.21. The summed E-state index contributed by atoms with van der Waals surface area (Å²) < 4.78 is 68.3. The van der Waals surface area contributed by atoms with E-state index in [4.69, 9.17) is 37.0 Å². The summed E-state index contributed by atoms with van der Waals surface area (Å²) in [6, 6.07) is 0. The number of ether oxygens (including phenoxy) is 4. The fraction of sp³-hybridized carbons (Fsp3) is 0.787. The van der Waals surface area contributed by atoms with E-state index in [1.54, 1.807) is 0 Å². The van der Waals surface area contributed by atoms with Crippen LogP contribution in [0.2, 0.25) is 0 Å². The normalized spacial score (nSPS) is 14.4. The molecule has 19 heteroatoms. The minimum absolute atomic E-state index is 0.0835. The molecule has 0 bridgehead atoms. The summed E-state index contributed by atoms with van der Waals surface area (Å²) in [5.74, 6) is -2.20. The molecular formula is C75H134O17P2. The van der Waals surface area contributed by atoms with Gasteiger partial charge in [0.05, 0.1) is 26.4 Å². The minimum Gasteiger partial charge on any atom is -0.462 e. The number of phosphoric ester groups is 2. The molecule has 5 unspecified atom stereocenters. The van der Waals surface area contributed by atoms with Crippen LogP contribution in [-0.2, 0) is 65.4 Å². The number of hydrogen-bond acceptors (Lipinski definition) is 15. The van der Waals surface area contributed by atoms with Crippen LogP contribution in [0, 0.1) is 0 Å². The second kappa shape index (κ2) is 68.0. The highest BCUT2D eigenvalue weighted by Gasteiger charge is 2.30. The summed E-state index contributed by atoms with van der Waals surface area (Å²) >= 11 is 0. The van der Waals surface area contributed by atoms with Crippen molar-refractivity contribution in [2.24, 2.45) is 0 Å². The summed E-state index contributed by atoms with van der Waals surface area (Å²) in [4.78, 5) is 72.7. The first-order valence-electron chi connectivity index (χ1n) is 37.2. The summed E-state index contributed by atoms with van der Waals surface area (Å²) in [5, 5.41) is 10.6. The van der Waals surface area contributed by atoms with Gasteiger partial charge >= 0.3 is 39.5 Å². The number of carbonyl (C=O) groups is 4. The van der Waals surface area contributed by atoms with Crippen molar-refractivity contribution in [1.29, 1.82) is 0 Å².